The van der Waals surface area contributed by atoms with E-state index < -0.39 is 5.97 Å². The highest BCUT2D eigenvalue weighted by molar-refractivity contribution is 5.71. The van der Waals surface area contributed by atoms with Crippen LogP contribution in [0.3, 0.4) is 0 Å². The van der Waals surface area contributed by atoms with Crippen molar-refractivity contribution >= 4 is 5.97 Å². The monoisotopic (exact) mass is 205 g/mol. The average Bonchev–Trinajstić information content (AvgIpc) is 2.41. The smallest absolute Gasteiger partial charge is 0.307 e. The van der Waals surface area contributed by atoms with Gasteiger partial charge in [-0.3, -0.25) is 4.79 Å². The first-order valence-corrected chi connectivity index (χ1v) is 5.10. The highest BCUT2D eigenvalue weighted by Gasteiger charge is 2.28. The summed E-state index contributed by atoms with van der Waals surface area (Å²) in [5, 5.41) is 8.71. The molecule has 2 atom stereocenters. The van der Waals surface area contributed by atoms with Crippen molar-refractivity contribution in [1.29, 1.82) is 0 Å². The zero-order valence-electron chi connectivity index (χ0n) is 8.97. The van der Waals surface area contributed by atoms with Gasteiger partial charge in [0.15, 0.2) is 0 Å². The van der Waals surface area contributed by atoms with Crippen molar-refractivity contribution in [2.45, 2.75) is 19.4 Å². The molecule has 1 aliphatic carbocycles. The first-order valence-electron chi connectivity index (χ1n) is 5.10. The third-order valence-corrected chi connectivity index (χ3v) is 3.10. The number of likely N-dealkylation sites (N-methyl/N-ethyl adjacent to an activating group) is 1. The molecule has 1 aliphatic heterocycles. The Bertz CT molecular complexity index is 379. The van der Waals surface area contributed by atoms with Crippen molar-refractivity contribution in [2.75, 3.05) is 7.05 Å². The molecule has 0 aromatic carbocycles. The number of rotatable bonds is 2. The van der Waals surface area contributed by atoms with Crippen LogP contribution in [0.5, 0.6) is 0 Å². The van der Waals surface area contributed by atoms with Crippen LogP contribution >= 0.6 is 0 Å². The van der Waals surface area contributed by atoms with Crippen LogP contribution in [0.4, 0.5) is 0 Å². The second-order valence-electron chi connectivity index (χ2n) is 4.16. The first-order chi connectivity index (χ1) is 7.08. The summed E-state index contributed by atoms with van der Waals surface area (Å²) in [4.78, 5) is 12.8. The van der Waals surface area contributed by atoms with Gasteiger partial charge in [0, 0.05) is 18.7 Å². The number of carbonyl (C=O) groups is 1. The minimum atomic E-state index is -0.767. The van der Waals surface area contributed by atoms with Gasteiger partial charge < -0.3 is 10.0 Å². The highest BCUT2D eigenvalue weighted by atomic mass is 16.4. The van der Waals surface area contributed by atoms with Crippen LogP contribution < -0.4 is 0 Å². The fourth-order valence-electron chi connectivity index (χ4n) is 2.21. The van der Waals surface area contributed by atoms with E-state index in [9.17, 15) is 4.79 Å². The molecule has 0 saturated carbocycles. The minimum absolute atomic E-state index is 0.121. The number of hydrogen-bond acceptors (Lipinski definition) is 2. The molecule has 0 aromatic heterocycles. The number of fused-ring (bicyclic) bond motifs is 1. The summed E-state index contributed by atoms with van der Waals surface area (Å²) in [7, 11) is 2.07. The Morgan fingerprint density at radius 1 is 1.53 bits per heavy atom. The van der Waals surface area contributed by atoms with E-state index in [2.05, 4.69) is 37.1 Å². The SMILES string of the molecule is CC1=CC2C=C(CC(=O)O)C=CC2N1C. The molecule has 3 nitrogen and oxygen atoms in total. The number of carboxylic acids is 1. The van der Waals surface area contributed by atoms with Crippen molar-refractivity contribution in [3.05, 3.63) is 35.6 Å². The van der Waals surface area contributed by atoms with E-state index in [-0.39, 0.29) is 6.42 Å². The van der Waals surface area contributed by atoms with E-state index >= 15 is 0 Å². The maximum atomic E-state index is 10.6. The zero-order chi connectivity index (χ0) is 11.0. The van der Waals surface area contributed by atoms with E-state index in [0.29, 0.717) is 12.0 Å². The van der Waals surface area contributed by atoms with E-state index in [1.54, 1.807) is 0 Å². The Morgan fingerprint density at radius 2 is 2.27 bits per heavy atom. The molecule has 0 fully saturated rings. The Labute approximate surface area is 89.4 Å². The second kappa shape index (κ2) is 3.57. The lowest BCUT2D eigenvalue weighted by Crippen LogP contribution is -2.29. The van der Waals surface area contributed by atoms with Crippen LogP contribution in [-0.2, 0) is 4.79 Å². The molecule has 3 heteroatoms. The van der Waals surface area contributed by atoms with Gasteiger partial charge in [0.25, 0.3) is 0 Å². The van der Waals surface area contributed by atoms with Crippen LogP contribution in [0.15, 0.2) is 35.6 Å². The summed E-state index contributed by atoms with van der Waals surface area (Å²) in [5.41, 5.74) is 2.16. The number of nitrogens with zero attached hydrogens (tertiary/aromatic N) is 1. The average molecular weight is 205 g/mol. The van der Waals surface area contributed by atoms with Gasteiger partial charge >= 0.3 is 5.97 Å². The molecule has 2 rings (SSSR count). The molecule has 15 heavy (non-hydrogen) atoms. The molecule has 0 bridgehead atoms. The van der Waals surface area contributed by atoms with Gasteiger partial charge in [-0.2, -0.15) is 0 Å². The normalized spacial score (nSPS) is 28.5. The summed E-state index contributed by atoms with van der Waals surface area (Å²) in [6, 6.07) is 0.377. The van der Waals surface area contributed by atoms with Crippen molar-refractivity contribution < 1.29 is 9.90 Å². The molecule has 0 amide bonds. The van der Waals surface area contributed by atoms with Crippen molar-refractivity contribution in [3.8, 4) is 0 Å². The molecule has 80 valence electrons. The number of aliphatic carboxylic acids is 1. The summed E-state index contributed by atoms with van der Waals surface area (Å²) >= 11 is 0. The molecule has 0 spiro atoms. The van der Waals surface area contributed by atoms with Crippen LogP contribution in [0, 0.1) is 5.92 Å². The van der Waals surface area contributed by atoms with Gasteiger partial charge in [0.1, 0.15) is 0 Å². The number of hydrogen-bond donors (Lipinski definition) is 1. The Morgan fingerprint density at radius 3 is 2.93 bits per heavy atom. The summed E-state index contributed by atoms with van der Waals surface area (Å²) < 4.78 is 0. The Hall–Kier alpha value is -1.51. The van der Waals surface area contributed by atoms with E-state index in [1.165, 1.54) is 5.70 Å². The lowest BCUT2D eigenvalue weighted by atomic mass is 9.92. The quantitative estimate of drug-likeness (QED) is 0.747. The number of carboxylic acid groups (broad SMARTS) is 1. The van der Waals surface area contributed by atoms with Crippen LogP contribution in [0.25, 0.3) is 0 Å². The van der Waals surface area contributed by atoms with Crippen LogP contribution in [-0.4, -0.2) is 29.1 Å². The third kappa shape index (κ3) is 1.82. The molecule has 1 heterocycles. The van der Waals surface area contributed by atoms with Gasteiger partial charge in [-0.1, -0.05) is 24.3 Å². The largest absolute Gasteiger partial charge is 0.481 e. The number of allylic oxidation sites excluding steroid dienone is 2. The maximum absolute atomic E-state index is 10.6. The van der Waals surface area contributed by atoms with Gasteiger partial charge in [-0.25, -0.2) is 0 Å². The molecule has 0 aromatic rings. The fourth-order valence-corrected chi connectivity index (χ4v) is 2.21. The van der Waals surface area contributed by atoms with Crippen molar-refractivity contribution in [1.82, 2.24) is 4.90 Å². The predicted octanol–water partition coefficient (Wildman–Crippen LogP) is 1.79. The Balaban J connectivity index is 2.17. The van der Waals surface area contributed by atoms with E-state index in [0.717, 1.165) is 5.57 Å². The van der Waals surface area contributed by atoms with E-state index in [1.807, 2.05) is 6.08 Å². The van der Waals surface area contributed by atoms with Gasteiger partial charge in [0.2, 0.25) is 0 Å². The molecule has 0 saturated heterocycles. The van der Waals surface area contributed by atoms with Gasteiger partial charge in [-0.15, -0.1) is 0 Å². The molecular formula is C12H15NO2. The molecule has 2 aliphatic rings. The predicted molar refractivity (Wildman–Crippen MR) is 58.3 cm³/mol. The standard InChI is InChI=1S/C12H15NO2/c1-8-5-10-6-9(7-12(14)15)3-4-11(10)13(8)2/h3-6,10-11H,7H2,1-2H3,(H,14,15). The van der Waals surface area contributed by atoms with Crippen molar-refractivity contribution in [3.63, 3.8) is 0 Å². The van der Waals surface area contributed by atoms with Gasteiger partial charge in [-0.05, 0) is 12.5 Å². The summed E-state index contributed by atoms with van der Waals surface area (Å²) in [5.74, 6) is -0.425. The highest BCUT2D eigenvalue weighted by Crippen LogP contribution is 2.32. The van der Waals surface area contributed by atoms with Crippen LogP contribution in [0.2, 0.25) is 0 Å². The maximum Gasteiger partial charge on any atom is 0.307 e. The topological polar surface area (TPSA) is 40.5 Å². The third-order valence-electron chi connectivity index (χ3n) is 3.10. The van der Waals surface area contributed by atoms with Gasteiger partial charge in [0.05, 0.1) is 12.5 Å². The lowest BCUT2D eigenvalue weighted by Gasteiger charge is -2.26. The minimum Gasteiger partial charge on any atom is -0.481 e. The molecule has 0 radical (unpaired) electrons. The second-order valence-corrected chi connectivity index (χ2v) is 4.16. The molecule has 1 N–H and O–H groups in total. The molecular weight excluding hydrogens is 190 g/mol. The summed E-state index contributed by atoms with van der Waals surface area (Å²) in [6.45, 7) is 2.08. The van der Waals surface area contributed by atoms with Crippen molar-refractivity contribution in [2.24, 2.45) is 5.92 Å². The lowest BCUT2D eigenvalue weighted by molar-refractivity contribution is -0.136. The van der Waals surface area contributed by atoms with Crippen LogP contribution in [0.1, 0.15) is 13.3 Å². The molecule has 2 unspecified atom stereocenters. The first kappa shape index (κ1) is 10.0. The summed E-state index contributed by atoms with van der Waals surface area (Å²) in [6.07, 6.45) is 8.40. The van der Waals surface area contributed by atoms with E-state index in [4.69, 9.17) is 5.11 Å². The fraction of sp³-hybridized carbons (Fsp3) is 0.417. The zero-order valence-corrected chi connectivity index (χ0v) is 8.97. The Kier molecular flexibility index (Phi) is 2.39.